The summed E-state index contributed by atoms with van der Waals surface area (Å²) in [7, 11) is 0. The van der Waals surface area contributed by atoms with Crippen molar-refractivity contribution in [3.8, 4) is 33.5 Å². The van der Waals surface area contributed by atoms with Crippen LogP contribution in [0.2, 0.25) is 0 Å². The molecular formula is C40H24N2. The second kappa shape index (κ2) is 7.84. The summed E-state index contributed by atoms with van der Waals surface area (Å²) in [5.74, 6) is 0. The molecule has 2 heterocycles. The van der Waals surface area contributed by atoms with Crippen molar-refractivity contribution in [1.29, 1.82) is 0 Å². The van der Waals surface area contributed by atoms with Crippen LogP contribution in [0.4, 0.5) is 0 Å². The van der Waals surface area contributed by atoms with Gasteiger partial charge in [-0.15, -0.1) is 0 Å². The number of imidazole rings is 1. The van der Waals surface area contributed by atoms with Gasteiger partial charge in [0.1, 0.15) is 5.65 Å². The molecule has 0 atom stereocenters. The summed E-state index contributed by atoms with van der Waals surface area (Å²) in [6.07, 6.45) is 0. The Balaban J connectivity index is 1.35. The van der Waals surface area contributed by atoms with Crippen molar-refractivity contribution >= 4 is 27.5 Å². The lowest BCUT2D eigenvalue weighted by atomic mass is 9.70. The van der Waals surface area contributed by atoms with E-state index in [-0.39, 0.29) is 5.41 Å². The number of hydrogen-bond acceptors (Lipinski definition) is 1. The van der Waals surface area contributed by atoms with Crippen molar-refractivity contribution in [3.05, 3.63) is 168 Å². The second-order valence-corrected chi connectivity index (χ2v) is 11.5. The maximum absolute atomic E-state index is 5.13. The van der Waals surface area contributed by atoms with Crippen LogP contribution in [0.3, 0.4) is 0 Å². The average Bonchev–Trinajstić information content (AvgIpc) is 3.69. The van der Waals surface area contributed by atoms with E-state index in [0.717, 1.165) is 22.4 Å². The third-order valence-electron chi connectivity index (χ3n) is 9.59. The van der Waals surface area contributed by atoms with E-state index in [1.807, 2.05) is 0 Å². The van der Waals surface area contributed by atoms with E-state index in [2.05, 4.69) is 150 Å². The molecule has 0 saturated carbocycles. The first-order valence-corrected chi connectivity index (χ1v) is 14.6. The Morgan fingerprint density at radius 1 is 0.476 bits per heavy atom. The van der Waals surface area contributed by atoms with E-state index in [1.54, 1.807) is 0 Å². The van der Waals surface area contributed by atoms with Crippen LogP contribution in [-0.2, 0) is 5.41 Å². The molecule has 194 valence electrons. The molecule has 0 radical (unpaired) electrons. The molecule has 0 aliphatic heterocycles. The summed E-state index contributed by atoms with van der Waals surface area (Å²) in [6.45, 7) is 0. The van der Waals surface area contributed by atoms with Crippen LogP contribution in [0.1, 0.15) is 22.3 Å². The fourth-order valence-electron chi connectivity index (χ4n) is 7.96. The van der Waals surface area contributed by atoms with Crippen molar-refractivity contribution in [2.45, 2.75) is 5.41 Å². The van der Waals surface area contributed by atoms with Crippen molar-refractivity contribution in [2.75, 3.05) is 0 Å². The van der Waals surface area contributed by atoms with Gasteiger partial charge in [0, 0.05) is 5.39 Å². The van der Waals surface area contributed by atoms with Crippen molar-refractivity contribution in [1.82, 2.24) is 9.38 Å². The summed E-state index contributed by atoms with van der Waals surface area (Å²) in [6, 6.07) is 53.5. The van der Waals surface area contributed by atoms with Gasteiger partial charge in [-0.2, -0.15) is 0 Å². The molecule has 1 spiro atoms. The molecule has 10 rings (SSSR count). The summed E-state index contributed by atoms with van der Waals surface area (Å²) >= 11 is 0. The van der Waals surface area contributed by atoms with Crippen molar-refractivity contribution < 1.29 is 0 Å². The molecule has 0 amide bonds. The molecule has 2 aliphatic rings. The fraction of sp³-hybridized carbons (Fsp3) is 0.0250. The topological polar surface area (TPSA) is 17.3 Å². The molecule has 6 aromatic carbocycles. The standard InChI is InChI=1S/C40H24N2/c1-2-12-27-25(11-1)24-38(42-37-20-10-9-19-36(37)41-39(27)42)26-21-22-31-30-15-5-8-18-34(30)40(35(31)23-26)32-16-6-3-13-28(32)29-14-4-7-17-33(29)40/h1-24H. The van der Waals surface area contributed by atoms with Crippen LogP contribution in [-0.4, -0.2) is 9.38 Å². The highest BCUT2D eigenvalue weighted by molar-refractivity contribution is 6.02. The van der Waals surface area contributed by atoms with Gasteiger partial charge in [-0.25, -0.2) is 4.98 Å². The van der Waals surface area contributed by atoms with Crippen LogP contribution in [0.25, 0.3) is 61.0 Å². The minimum atomic E-state index is -0.359. The Bertz CT molecular complexity index is 2360. The van der Waals surface area contributed by atoms with Gasteiger partial charge in [0.05, 0.1) is 22.1 Å². The number of fused-ring (bicyclic) bond motifs is 15. The maximum atomic E-state index is 5.13. The molecule has 0 fully saturated rings. The molecule has 2 nitrogen and oxygen atoms in total. The third kappa shape index (κ3) is 2.59. The van der Waals surface area contributed by atoms with Gasteiger partial charge in [0.25, 0.3) is 0 Å². The molecule has 0 unspecified atom stereocenters. The minimum absolute atomic E-state index is 0.359. The molecule has 2 aromatic heterocycles. The Kier molecular flexibility index (Phi) is 4.15. The summed E-state index contributed by atoms with van der Waals surface area (Å²) in [5.41, 5.74) is 15.9. The van der Waals surface area contributed by atoms with Crippen LogP contribution in [0, 0.1) is 0 Å². The number of aromatic nitrogens is 2. The van der Waals surface area contributed by atoms with Gasteiger partial charge in [-0.05, 0) is 79.7 Å². The van der Waals surface area contributed by atoms with Crippen molar-refractivity contribution in [3.63, 3.8) is 0 Å². The number of rotatable bonds is 1. The van der Waals surface area contributed by atoms with Crippen molar-refractivity contribution in [2.24, 2.45) is 0 Å². The first-order valence-electron chi connectivity index (χ1n) is 14.6. The van der Waals surface area contributed by atoms with Crippen LogP contribution in [0.15, 0.2) is 146 Å². The largest absolute Gasteiger partial charge is 0.292 e. The number of benzene rings is 6. The van der Waals surface area contributed by atoms with E-state index in [4.69, 9.17) is 4.98 Å². The lowest BCUT2D eigenvalue weighted by Gasteiger charge is -2.30. The zero-order valence-electron chi connectivity index (χ0n) is 22.8. The summed E-state index contributed by atoms with van der Waals surface area (Å²) in [5, 5.41) is 2.37. The van der Waals surface area contributed by atoms with Gasteiger partial charge in [-0.3, -0.25) is 4.40 Å². The molecule has 0 saturated heterocycles. The first-order chi connectivity index (χ1) is 20.8. The molecule has 0 bridgehead atoms. The van der Waals surface area contributed by atoms with E-state index >= 15 is 0 Å². The highest BCUT2D eigenvalue weighted by Crippen LogP contribution is 2.63. The van der Waals surface area contributed by atoms with Crippen LogP contribution < -0.4 is 0 Å². The summed E-state index contributed by atoms with van der Waals surface area (Å²) < 4.78 is 2.35. The second-order valence-electron chi connectivity index (χ2n) is 11.5. The zero-order chi connectivity index (χ0) is 27.4. The smallest absolute Gasteiger partial charge is 0.146 e. The average molecular weight is 533 g/mol. The van der Waals surface area contributed by atoms with Gasteiger partial charge in [-0.1, -0.05) is 121 Å². The lowest BCUT2D eigenvalue weighted by molar-refractivity contribution is 0.794. The Morgan fingerprint density at radius 3 is 1.76 bits per heavy atom. The van der Waals surface area contributed by atoms with E-state index in [0.29, 0.717) is 0 Å². The fourth-order valence-corrected chi connectivity index (χ4v) is 7.96. The Labute approximate surface area is 243 Å². The quantitative estimate of drug-likeness (QED) is 0.206. The number of nitrogens with zero attached hydrogens (tertiary/aromatic N) is 2. The Hall–Kier alpha value is -5.47. The van der Waals surface area contributed by atoms with Crippen LogP contribution >= 0.6 is 0 Å². The normalized spacial score (nSPS) is 13.9. The molecule has 2 aliphatic carbocycles. The third-order valence-corrected chi connectivity index (χ3v) is 9.59. The highest BCUT2D eigenvalue weighted by Gasteiger charge is 2.51. The zero-order valence-corrected chi connectivity index (χ0v) is 22.8. The lowest BCUT2D eigenvalue weighted by Crippen LogP contribution is -2.25. The molecule has 42 heavy (non-hydrogen) atoms. The van der Waals surface area contributed by atoms with E-state index < -0.39 is 0 Å². The maximum Gasteiger partial charge on any atom is 0.146 e. The molecule has 2 heteroatoms. The number of para-hydroxylation sites is 2. The highest BCUT2D eigenvalue weighted by atomic mass is 15.0. The van der Waals surface area contributed by atoms with Gasteiger partial charge < -0.3 is 0 Å². The Morgan fingerprint density at radius 2 is 1.05 bits per heavy atom. The monoisotopic (exact) mass is 532 g/mol. The predicted octanol–water partition coefficient (Wildman–Crippen LogP) is 9.65. The van der Waals surface area contributed by atoms with Gasteiger partial charge in [0.2, 0.25) is 0 Å². The SMILES string of the molecule is c1ccc2c(c1)-c1ccccc1C21c2ccccc2-c2ccc(-c3cc4ccccc4c4nc5ccccc5n34)cc21. The minimum Gasteiger partial charge on any atom is -0.292 e. The first kappa shape index (κ1) is 22.2. The van der Waals surface area contributed by atoms with Gasteiger partial charge in [0.15, 0.2) is 0 Å². The molecular weight excluding hydrogens is 508 g/mol. The van der Waals surface area contributed by atoms with Crippen LogP contribution in [0.5, 0.6) is 0 Å². The van der Waals surface area contributed by atoms with Gasteiger partial charge >= 0.3 is 0 Å². The van der Waals surface area contributed by atoms with E-state index in [9.17, 15) is 0 Å². The molecule has 0 N–H and O–H groups in total. The van der Waals surface area contributed by atoms with E-state index in [1.165, 1.54) is 60.8 Å². The number of pyridine rings is 1. The summed E-state index contributed by atoms with van der Waals surface area (Å²) in [4.78, 5) is 5.13. The molecule has 8 aromatic rings. The number of hydrogen-bond donors (Lipinski definition) is 0. The predicted molar refractivity (Wildman–Crippen MR) is 172 cm³/mol.